The second kappa shape index (κ2) is 7.70. The predicted octanol–water partition coefficient (Wildman–Crippen LogP) is 4.85. The highest BCUT2D eigenvalue weighted by Gasteiger charge is 2.16. The fourth-order valence-corrected chi connectivity index (χ4v) is 2.32. The van der Waals surface area contributed by atoms with E-state index >= 15 is 0 Å². The monoisotopic (exact) mass is 275 g/mol. The van der Waals surface area contributed by atoms with Crippen molar-refractivity contribution in [2.75, 3.05) is 7.05 Å². The fraction of sp³-hybridized carbons (Fsp3) is 0.571. The molecule has 0 aliphatic carbocycles. The van der Waals surface area contributed by atoms with Crippen LogP contribution in [0.5, 0.6) is 0 Å². The first-order valence-electron chi connectivity index (χ1n) is 6.41. The summed E-state index contributed by atoms with van der Waals surface area (Å²) in [5, 5.41) is 3.39. The maximum atomic E-state index is 13.2. The van der Waals surface area contributed by atoms with E-state index in [1.54, 1.807) is 0 Å². The molecule has 0 radical (unpaired) electrons. The minimum absolute atomic E-state index is 0.0237. The minimum Gasteiger partial charge on any atom is -0.313 e. The number of hydrogen-bond acceptors (Lipinski definition) is 1. The summed E-state index contributed by atoms with van der Waals surface area (Å²) in [6.45, 7) is 2.15. The van der Waals surface area contributed by atoms with Crippen molar-refractivity contribution in [1.82, 2.24) is 5.32 Å². The van der Waals surface area contributed by atoms with Crippen molar-refractivity contribution in [3.63, 3.8) is 0 Å². The molecule has 0 aromatic heterocycles. The molecule has 1 aromatic rings. The summed E-state index contributed by atoms with van der Waals surface area (Å²) >= 11 is 5.97. The van der Waals surface area contributed by atoms with Crippen LogP contribution in [0.4, 0.5) is 8.78 Å². The van der Waals surface area contributed by atoms with E-state index in [2.05, 4.69) is 12.2 Å². The van der Waals surface area contributed by atoms with Gasteiger partial charge in [0, 0.05) is 11.1 Å². The maximum Gasteiger partial charge on any atom is 0.160 e. The molecule has 18 heavy (non-hydrogen) atoms. The number of unbranched alkanes of at least 4 members (excludes halogenated alkanes) is 3. The van der Waals surface area contributed by atoms with Gasteiger partial charge in [0.2, 0.25) is 0 Å². The van der Waals surface area contributed by atoms with Gasteiger partial charge < -0.3 is 5.32 Å². The third kappa shape index (κ3) is 4.21. The Morgan fingerprint density at radius 2 is 1.83 bits per heavy atom. The second-order valence-electron chi connectivity index (χ2n) is 4.48. The summed E-state index contributed by atoms with van der Waals surface area (Å²) in [4.78, 5) is 0. The lowest BCUT2D eigenvalue weighted by atomic mass is 10.00. The molecule has 0 saturated heterocycles. The maximum absolute atomic E-state index is 13.2. The SMILES string of the molecule is CCCCCCC(NC)c1cc(F)c(F)cc1Cl. The molecule has 1 nitrogen and oxygen atoms in total. The van der Waals surface area contributed by atoms with Gasteiger partial charge in [-0.25, -0.2) is 8.78 Å². The summed E-state index contributed by atoms with van der Waals surface area (Å²) in [6, 6.07) is 2.21. The highest BCUT2D eigenvalue weighted by molar-refractivity contribution is 6.31. The molecule has 1 aromatic carbocycles. The normalized spacial score (nSPS) is 12.7. The summed E-state index contributed by atoms with van der Waals surface area (Å²) < 4.78 is 26.2. The van der Waals surface area contributed by atoms with Crippen molar-refractivity contribution in [2.24, 2.45) is 0 Å². The van der Waals surface area contributed by atoms with Gasteiger partial charge in [-0.1, -0.05) is 44.2 Å². The van der Waals surface area contributed by atoms with E-state index < -0.39 is 11.6 Å². The lowest BCUT2D eigenvalue weighted by Gasteiger charge is -2.18. The quantitative estimate of drug-likeness (QED) is 0.554. The van der Waals surface area contributed by atoms with E-state index in [9.17, 15) is 8.78 Å². The zero-order chi connectivity index (χ0) is 13.5. The van der Waals surface area contributed by atoms with Crippen LogP contribution in [0.1, 0.15) is 50.6 Å². The molecule has 0 saturated carbocycles. The van der Waals surface area contributed by atoms with Crippen molar-refractivity contribution in [3.8, 4) is 0 Å². The van der Waals surface area contributed by atoms with E-state index in [1.165, 1.54) is 18.9 Å². The van der Waals surface area contributed by atoms with Gasteiger partial charge in [0.1, 0.15) is 0 Å². The van der Waals surface area contributed by atoms with E-state index in [1.807, 2.05) is 7.05 Å². The highest BCUT2D eigenvalue weighted by atomic mass is 35.5. The number of benzene rings is 1. The van der Waals surface area contributed by atoms with Crippen molar-refractivity contribution in [1.29, 1.82) is 0 Å². The molecule has 4 heteroatoms. The molecule has 0 fully saturated rings. The Kier molecular flexibility index (Phi) is 6.58. The third-order valence-corrected chi connectivity index (χ3v) is 3.44. The standard InChI is InChI=1S/C14H20ClF2N/c1-3-4-5-6-7-14(18-2)10-8-12(16)13(17)9-11(10)15/h8-9,14,18H,3-7H2,1-2H3. The molecule has 0 amide bonds. The number of halogens is 3. The van der Waals surface area contributed by atoms with Gasteiger partial charge in [0.25, 0.3) is 0 Å². The summed E-state index contributed by atoms with van der Waals surface area (Å²) in [5.41, 5.74) is 0.634. The Morgan fingerprint density at radius 3 is 2.44 bits per heavy atom. The lowest BCUT2D eigenvalue weighted by Crippen LogP contribution is -2.17. The Bertz CT molecular complexity index is 382. The van der Waals surface area contributed by atoms with Crippen molar-refractivity contribution >= 4 is 11.6 Å². The van der Waals surface area contributed by atoms with Gasteiger partial charge in [-0.2, -0.15) is 0 Å². The Labute approximate surface area is 113 Å². The van der Waals surface area contributed by atoms with Crippen LogP contribution in [0.3, 0.4) is 0 Å². The van der Waals surface area contributed by atoms with Crippen LogP contribution in [0.25, 0.3) is 0 Å². The van der Waals surface area contributed by atoms with Crippen molar-refractivity contribution in [3.05, 3.63) is 34.4 Å². The Morgan fingerprint density at radius 1 is 1.17 bits per heavy atom. The first-order chi connectivity index (χ1) is 8.60. The average molecular weight is 276 g/mol. The van der Waals surface area contributed by atoms with E-state index in [0.717, 1.165) is 25.3 Å². The predicted molar refractivity (Wildman–Crippen MR) is 71.9 cm³/mol. The van der Waals surface area contributed by atoms with Crippen LogP contribution in [-0.4, -0.2) is 7.05 Å². The third-order valence-electron chi connectivity index (χ3n) is 3.11. The van der Waals surface area contributed by atoms with Gasteiger partial charge in [-0.15, -0.1) is 0 Å². The van der Waals surface area contributed by atoms with Crippen molar-refractivity contribution in [2.45, 2.75) is 45.1 Å². The van der Waals surface area contributed by atoms with Crippen LogP contribution in [0.2, 0.25) is 5.02 Å². The molecule has 102 valence electrons. The van der Waals surface area contributed by atoms with Crippen LogP contribution < -0.4 is 5.32 Å². The molecular weight excluding hydrogens is 256 g/mol. The van der Waals surface area contributed by atoms with Crippen molar-refractivity contribution < 1.29 is 8.78 Å². The Balaban J connectivity index is 2.72. The molecule has 0 aliphatic heterocycles. The molecular formula is C14H20ClF2N. The van der Waals surface area contributed by atoms with Gasteiger partial charge in [-0.3, -0.25) is 0 Å². The van der Waals surface area contributed by atoms with Gasteiger partial charge >= 0.3 is 0 Å². The molecule has 1 rings (SSSR count). The number of nitrogens with one attached hydrogen (secondary N) is 1. The van der Waals surface area contributed by atoms with Crippen LogP contribution in [0, 0.1) is 11.6 Å². The molecule has 0 bridgehead atoms. The topological polar surface area (TPSA) is 12.0 Å². The van der Waals surface area contributed by atoms with Gasteiger partial charge in [0.05, 0.1) is 0 Å². The van der Waals surface area contributed by atoms with E-state index in [0.29, 0.717) is 5.56 Å². The van der Waals surface area contributed by atoms with Crippen LogP contribution >= 0.6 is 11.6 Å². The molecule has 1 unspecified atom stereocenters. The van der Waals surface area contributed by atoms with Gasteiger partial charge in [0.15, 0.2) is 11.6 Å². The minimum atomic E-state index is -0.899. The highest BCUT2D eigenvalue weighted by Crippen LogP contribution is 2.28. The van der Waals surface area contributed by atoms with Gasteiger partial charge in [-0.05, 0) is 31.2 Å². The first-order valence-corrected chi connectivity index (χ1v) is 6.79. The first kappa shape index (κ1) is 15.4. The molecule has 0 aliphatic rings. The number of hydrogen-bond donors (Lipinski definition) is 1. The van der Waals surface area contributed by atoms with Crippen LogP contribution in [0.15, 0.2) is 12.1 Å². The summed E-state index contributed by atoms with van der Waals surface area (Å²) in [7, 11) is 1.81. The molecule has 0 heterocycles. The summed E-state index contributed by atoms with van der Waals surface area (Å²) in [5.74, 6) is -1.74. The molecule has 0 spiro atoms. The summed E-state index contributed by atoms with van der Waals surface area (Å²) in [6.07, 6.45) is 5.45. The fourth-order valence-electron chi connectivity index (χ4n) is 2.04. The average Bonchev–Trinajstić information content (AvgIpc) is 2.35. The largest absolute Gasteiger partial charge is 0.313 e. The smallest absolute Gasteiger partial charge is 0.160 e. The zero-order valence-electron chi connectivity index (χ0n) is 10.9. The second-order valence-corrected chi connectivity index (χ2v) is 4.89. The Hall–Kier alpha value is -0.670. The van der Waals surface area contributed by atoms with Crippen LogP contribution in [-0.2, 0) is 0 Å². The molecule has 1 atom stereocenters. The van der Waals surface area contributed by atoms with E-state index in [-0.39, 0.29) is 11.1 Å². The lowest BCUT2D eigenvalue weighted by molar-refractivity contribution is 0.485. The zero-order valence-corrected chi connectivity index (χ0v) is 11.7. The van der Waals surface area contributed by atoms with E-state index in [4.69, 9.17) is 11.6 Å². The molecule has 1 N–H and O–H groups in total. The number of rotatable bonds is 7.